The maximum absolute atomic E-state index is 10.9. The molecule has 0 aliphatic carbocycles. The van der Waals surface area contributed by atoms with Crippen LogP contribution in [0.2, 0.25) is 0 Å². The third-order valence-corrected chi connectivity index (χ3v) is 1.90. The van der Waals surface area contributed by atoms with Crippen molar-refractivity contribution in [3.63, 3.8) is 0 Å². The van der Waals surface area contributed by atoms with Gasteiger partial charge in [-0.05, 0) is 12.1 Å². The number of phenolic OH excluding ortho intramolecular Hbond substituents is 2. The van der Waals surface area contributed by atoms with Gasteiger partial charge in [0.2, 0.25) is 11.1 Å². The average molecular weight is 202 g/mol. The minimum absolute atomic E-state index is 0.224. The van der Waals surface area contributed by atoms with Crippen LogP contribution in [0.5, 0.6) is 11.5 Å². The monoisotopic (exact) mass is 202 g/mol. The fourth-order valence-electron chi connectivity index (χ4n) is 0.787. The third-order valence-electron chi connectivity index (χ3n) is 1.36. The Morgan fingerprint density at radius 2 is 1.92 bits per heavy atom. The number of rotatable bonds is 1. The molecule has 0 saturated carbocycles. The number of phenols is 2. The number of benzene rings is 1. The van der Waals surface area contributed by atoms with Crippen molar-refractivity contribution in [1.82, 2.24) is 0 Å². The average Bonchev–Trinajstić information content (AvgIpc) is 2.03. The second-order valence-electron chi connectivity index (χ2n) is 2.24. The quantitative estimate of drug-likeness (QED) is 0.575. The lowest BCUT2D eigenvalue weighted by molar-refractivity contribution is 0.107. The summed E-state index contributed by atoms with van der Waals surface area (Å²) in [5.74, 6) is -0.745. The van der Waals surface area contributed by atoms with E-state index in [9.17, 15) is 9.00 Å². The molecule has 0 spiro atoms. The van der Waals surface area contributed by atoms with E-state index in [1.807, 2.05) is 0 Å². The largest absolute Gasteiger partial charge is 0.508 e. The van der Waals surface area contributed by atoms with Crippen molar-refractivity contribution in [2.75, 3.05) is 0 Å². The molecule has 0 bridgehead atoms. The number of hydrogen-bond donors (Lipinski definition) is 3. The SMILES string of the molecule is O=C(c1ccc(O)cc1O)S(=O)O. The second-order valence-corrected chi connectivity index (χ2v) is 3.11. The molecule has 1 aromatic rings. The molecular weight excluding hydrogens is 196 g/mol. The van der Waals surface area contributed by atoms with E-state index in [0.29, 0.717) is 0 Å². The zero-order valence-corrected chi connectivity index (χ0v) is 7.11. The van der Waals surface area contributed by atoms with E-state index in [1.165, 1.54) is 0 Å². The highest BCUT2D eigenvalue weighted by atomic mass is 32.2. The highest BCUT2D eigenvalue weighted by Gasteiger charge is 2.16. The molecule has 70 valence electrons. The predicted molar refractivity (Wildman–Crippen MR) is 44.9 cm³/mol. The van der Waals surface area contributed by atoms with E-state index in [1.54, 1.807) is 0 Å². The van der Waals surface area contributed by atoms with Gasteiger partial charge in [0.05, 0.1) is 5.56 Å². The van der Waals surface area contributed by atoms with Crippen LogP contribution >= 0.6 is 0 Å². The number of carbonyl (C=O) groups is 1. The van der Waals surface area contributed by atoms with Gasteiger partial charge in [-0.3, -0.25) is 9.35 Å². The van der Waals surface area contributed by atoms with Crippen molar-refractivity contribution in [2.45, 2.75) is 0 Å². The molecule has 0 radical (unpaired) electrons. The Morgan fingerprint density at radius 3 is 2.38 bits per heavy atom. The molecule has 5 nitrogen and oxygen atoms in total. The Hall–Kier alpha value is -1.40. The van der Waals surface area contributed by atoms with Crippen LogP contribution in [-0.4, -0.2) is 24.1 Å². The van der Waals surface area contributed by atoms with Crippen molar-refractivity contribution < 1.29 is 23.8 Å². The lowest BCUT2D eigenvalue weighted by Crippen LogP contribution is -2.05. The van der Waals surface area contributed by atoms with E-state index < -0.39 is 21.9 Å². The summed E-state index contributed by atoms with van der Waals surface area (Å²) in [5.41, 5.74) is -0.293. The van der Waals surface area contributed by atoms with Crippen LogP contribution in [0, 0.1) is 0 Å². The molecule has 0 aromatic heterocycles. The maximum atomic E-state index is 10.9. The predicted octanol–water partition coefficient (Wildman–Crippen LogP) is 0.460. The topological polar surface area (TPSA) is 94.8 Å². The first-order valence-corrected chi connectivity index (χ1v) is 4.30. The summed E-state index contributed by atoms with van der Waals surface area (Å²) in [4.78, 5) is 10.9. The summed E-state index contributed by atoms with van der Waals surface area (Å²) >= 11 is -2.66. The van der Waals surface area contributed by atoms with Crippen molar-refractivity contribution in [3.05, 3.63) is 23.8 Å². The van der Waals surface area contributed by atoms with Crippen LogP contribution in [0.1, 0.15) is 10.4 Å². The smallest absolute Gasteiger partial charge is 0.280 e. The van der Waals surface area contributed by atoms with Gasteiger partial charge in [0.1, 0.15) is 11.5 Å². The number of aromatic hydroxyl groups is 2. The van der Waals surface area contributed by atoms with Gasteiger partial charge >= 0.3 is 0 Å². The Bertz CT molecular complexity index is 373. The minimum atomic E-state index is -2.66. The van der Waals surface area contributed by atoms with E-state index in [-0.39, 0.29) is 11.3 Å². The second kappa shape index (κ2) is 3.55. The van der Waals surface area contributed by atoms with E-state index >= 15 is 0 Å². The van der Waals surface area contributed by atoms with Gasteiger partial charge in [0.25, 0.3) is 5.12 Å². The molecule has 1 rings (SSSR count). The zero-order chi connectivity index (χ0) is 10.0. The van der Waals surface area contributed by atoms with E-state index in [0.717, 1.165) is 18.2 Å². The zero-order valence-electron chi connectivity index (χ0n) is 6.30. The summed E-state index contributed by atoms with van der Waals surface area (Å²) < 4.78 is 18.7. The van der Waals surface area contributed by atoms with Crippen LogP contribution < -0.4 is 0 Å². The fraction of sp³-hybridized carbons (Fsp3) is 0. The summed E-state index contributed by atoms with van der Waals surface area (Å²) in [7, 11) is 0. The van der Waals surface area contributed by atoms with Gasteiger partial charge < -0.3 is 10.2 Å². The molecular formula is C7H6O5S. The molecule has 13 heavy (non-hydrogen) atoms. The van der Waals surface area contributed by atoms with Crippen LogP contribution in [0.15, 0.2) is 18.2 Å². The van der Waals surface area contributed by atoms with Gasteiger partial charge in [0, 0.05) is 6.07 Å². The van der Waals surface area contributed by atoms with Crippen LogP contribution in [0.25, 0.3) is 0 Å². The summed E-state index contributed by atoms with van der Waals surface area (Å²) in [6.45, 7) is 0. The van der Waals surface area contributed by atoms with Crippen molar-refractivity contribution in [1.29, 1.82) is 0 Å². The van der Waals surface area contributed by atoms with Crippen molar-refractivity contribution >= 4 is 16.2 Å². The van der Waals surface area contributed by atoms with Crippen molar-refractivity contribution in [2.24, 2.45) is 0 Å². The lowest BCUT2D eigenvalue weighted by Gasteiger charge is -2.00. The Morgan fingerprint density at radius 1 is 1.31 bits per heavy atom. The molecule has 0 amide bonds. The van der Waals surface area contributed by atoms with Gasteiger partial charge in [-0.1, -0.05) is 0 Å². The Kier molecular flexibility index (Phi) is 2.64. The molecule has 0 heterocycles. The van der Waals surface area contributed by atoms with Crippen molar-refractivity contribution in [3.8, 4) is 11.5 Å². The van der Waals surface area contributed by atoms with E-state index in [2.05, 4.69) is 0 Å². The molecule has 6 heteroatoms. The number of carbonyl (C=O) groups excluding carboxylic acids is 1. The summed E-state index contributed by atoms with van der Waals surface area (Å²) in [6, 6.07) is 3.13. The normalized spacial score (nSPS) is 12.4. The van der Waals surface area contributed by atoms with Crippen LogP contribution in [-0.2, 0) is 11.1 Å². The minimum Gasteiger partial charge on any atom is -0.508 e. The molecule has 3 N–H and O–H groups in total. The highest BCUT2D eigenvalue weighted by molar-refractivity contribution is 7.95. The molecule has 0 aliphatic heterocycles. The molecule has 1 atom stereocenters. The number of hydrogen-bond acceptors (Lipinski definition) is 4. The Balaban J connectivity index is 3.16. The summed E-state index contributed by atoms with van der Waals surface area (Å²) in [5, 5.41) is 16.8. The van der Waals surface area contributed by atoms with Gasteiger partial charge in [0.15, 0.2) is 0 Å². The standard InChI is InChI=1S/C7H6O5S/c8-4-1-2-5(6(9)3-4)7(10)13(11)12/h1-3,8-9H,(H,11,12). The van der Waals surface area contributed by atoms with E-state index in [4.69, 9.17) is 14.8 Å². The summed E-state index contributed by atoms with van der Waals surface area (Å²) in [6.07, 6.45) is 0. The molecule has 0 saturated heterocycles. The molecule has 1 aromatic carbocycles. The Labute approximate surface area is 75.9 Å². The van der Waals surface area contributed by atoms with Gasteiger partial charge in [-0.2, -0.15) is 0 Å². The molecule has 1 unspecified atom stereocenters. The highest BCUT2D eigenvalue weighted by Crippen LogP contribution is 2.23. The third kappa shape index (κ3) is 2.04. The lowest BCUT2D eigenvalue weighted by atomic mass is 10.2. The fourth-order valence-corrected chi connectivity index (χ4v) is 1.15. The van der Waals surface area contributed by atoms with Crippen LogP contribution in [0.3, 0.4) is 0 Å². The molecule has 0 fully saturated rings. The first kappa shape index (κ1) is 9.69. The van der Waals surface area contributed by atoms with Gasteiger partial charge in [-0.25, -0.2) is 4.21 Å². The first-order chi connectivity index (χ1) is 6.02. The van der Waals surface area contributed by atoms with Gasteiger partial charge in [-0.15, -0.1) is 0 Å². The molecule has 0 aliphatic rings. The maximum Gasteiger partial charge on any atom is 0.280 e. The van der Waals surface area contributed by atoms with Crippen LogP contribution in [0.4, 0.5) is 0 Å². The first-order valence-electron chi connectivity index (χ1n) is 3.19.